The molecule has 4 nitrogen and oxygen atoms in total. The van der Waals surface area contributed by atoms with Gasteiger partial charge in [-0.15, -0.1) is 57.5 Å². The molecule has 0 aliphatic carbocycles. The highest BCUT2D eigenvalue weighted by Gasteiger charge is 2.29. The molecule has 0 fully saturated rings. The van der Waals surface area contributed by atoms with Gasteiger partial charge in [0.2, 0.25) is 0 Å². The third-order valence-corrected chi connectivity index (χ3v) is 9.70. The summed E-state index contributed by atoms with van der Waals surface area (Å²) in [6.07, 6.45) is 1.07. The lowest BCUT2D eigenvalue weighted by Crippen LogP contribution is -2.14. The standard InChI is InChI=1S/C20H16N2O2S5/c21-5-1-9-25-13-3-11-27-17(13)19-15-16(24-8-7-23-15)20(29-19)18-14(4-12-28-18)26-10-2-6-22/h3-4,11-12H,1-2,7-10H2. The highest BCUT2D eigenvalue weighted by molar-refractivity contribution is 7.99. The van der Waals surface area contributed by atoms with E-state index >= 15 is 0 Å². The zero-order chi connectivity index (χ0) is 20.1. The zero-order valence-electron chi connectivity index (χ0n) is 15.3. The molecule has 0 unspecified atom stereocenters. The van der Waals surface area contributed by atoms with Gasteiger partial charge in [0.25, 0.3) is 0 Å². The molecule has 0 amide bonds. The number of nitrogens with zero attached hydrogens (tertiary/aromatic N) is 2. The molecule has 0 saturated heterocycles. The molecule has 4 rings (SSSR count). The van der Waals surface area contributed by atoms with Gasteiger partial charge in [-0.25, -0.2) is 0 Å². The number of fused-ring (bicyclic) bond motifs is 1. The van der Waals surface area contributed by atoms with Gasteiger partial charge in [-0.2, -0.15) is 10.5 Å². The Morgan fingerprint density at radius 2 is 1.28 bits per heavy atom. The van der Waals surface area contributed by atoms with Crippen molar-refractivity contribution in [2.75, 3.05) is 24.7 Å². The Labute approximate surface area is 190 Å². The highest BCUT2D eigenvalue weighted by atomic mass is 32.2. The minimum atomic E-state index is 0.534. The van der Waals surface area contributed by atoms with Gasteiger partial charge in [-0.05, 0) is 22.9 Å². The number of nitriles is 2. The van der Waals surface area contributed by atoms with Crippen molar-refractivity contribution in [2.45, 2.75) is 22.6 Å². The van der Waals surface area contributed by atoms with Crippen molar-refractivity contribution in [3.05, 3.63) is 22.9 Å². The molecule has 0 atom stereocenters. The van der Waals surface area contributed by atoms with Crippen LogP contribution >= 0.6 is 57.5 Å². The highest BCUT2D eigenvalue weighted by Crippen LogP contribution is 2.58. The lowest BCUT2D eigenvalue weighted by Gasteiger charge is -2.17. The molecule has 0 saturated carbocycles. The predicted molar refractivity (Wildman–Crippen MR) is 124 cm³/mol. The van der Waals surface area contributed by atoms with Crippen LogP contribution in [-0.2, 0) is 0 Å². The molecule has 29 heavy (non-hydrogen) atoms. The number of hydrogen-bond donors (Lipinski definition) is 0. The maximum absolute atomic E-state index is 8.84. The lowest BCUT2D eigenvalue weighted by molar-refractivity contribution is 0.175. The Balaban J connectivity index is 1.72. The van der Waals surface area contributed by atoms with E-state index in [1.807, 2.05) is 0 Å². The molecule has 148 valence electrons. The van der Waals surface area contributed by atoms with E-state index in [0.717, 1.165) is 32.8 Å². The molecule has 0 bridgehead atoms. The summed E-state index contributed by atoms with van der Waals surface area (Å²) >= 11 is 8.54. The van der Waals surface area contributed by atoms with Gasteiger partial charge in [-0.1, -0.05) is 0 Å². The van der Waals surface area contributed by atoms with Gasteiger partial charge in [0.1, 0.15) is 13.2 Å². The SMILES string of the molecule is N#CCCSc1ccsc1-c1sc(-c2sccc2SCCC#N)c2c1OCCO2. The molecule has 1 aliphatic heterocycles. The second-order valence-electron chi connectivity index (χ2n) is 5.86. The second-order valence-corrected chi connectivity index (χ2v) is 11.0. The lowest BCUT2D eigenvalue weighted by atomic mass is 10.3. The number of thiophene rings is 3. The van der Waals surface area contributed by atoms with Crippen molar-refractivity contribution in [2.24, 2.45) is 0 Å². The fourth-order valence-electron chi connectivity index (χ4n) is 2.82. The fraction of sp³-hybridized carbons (Fsp3) is 0.300. The average molecular weight is 477 g/mol. The van der Waals surface area contributed by atoms with Gasteiger partial charge in [0, 0.05) is 34.1 Å². The van der Waals surface area contributed by atoms with E-state index in [-0.39, 0.29) is 0 Å². The van der Waals surface area contributed by atoms with Crippen molar-refractivity contribution in [1.82, 2.24) is 0 Å². The Hall–Kier alpha value is -1.62. The average Bonchev–Trinajstić information content (AvgIpc) is 3.46. The summed E-state index contributed by atoms with van der Waals surface area (Å²) in [5.74, 6) is 3.23. The van der Waals surface area contributed by atoms with Gasteiger partial charge in [0.15, 0.2) is 11.5 Å². The monoisotopic (exact) mass is 476 g/mol. The topological polar surface area (TPSA) is 66.0 Å². The van der Waals surface area contributed by atoms with Gasteiger partial charge in [0.05, 0.1) is 31.6 Å². The first-order valence-electron chi connectivity index (χ1n) is 8.91. The number of rotatable bonds is 8. The first-order chi connectivity index (χ1) is 14.3. The van der Waals surface area contributed by atoms with Crippen molar-refractivity contribution in [1.29, 1.82) is 10.5 Å². The molecular formula is C20H16N2O2S5. The van der Waals surface area contributed by atoms with Crippen LogP contribution in [-0.4, -0.2) is 24.7 Å². The summed E-state index contributed by atoms with van der Waals surface area (Å²) < 4.78 is 12.1. The molecule has 0 aromatic carbocycles. The van der Waals surface area contributed by atoms with Crippen LogP contribution in [0.5, 0.6) is 11.5 Å². The van der Waals surface area contributed by atoms with Crippen molar-refractivity contribution < 1.29 is 9.47 Å². The van der Waals surface area contributed by atoms with E-state index in [1.54, 1.807) is 57.5 Å². The summed E-state index contributed by atoms with van der Waals surface area (Å²) in [5, 5.41) is 21.9. The van der Waals surface area contributed by atoms with E-state index in [2.05, 4.69) is 35.0 Å². The Morgan fingerprint density at radius 1 is 0.793 bits per heavy atom. The van der Waals surface area contributed by atoms with Crippen molar-refractivity contribution in [3.8, 4) is 43.1 Å². The van der Waals surface area contributed by atoms with Crippen LogP contribution in [0.15, 0.2) is 32.7 Å². The van der Waals surface area contributed by atoms with Crippen LogP contribution in [0.4, 0.5) is 0 Å². The van der Waals surface area contributed by atoms with Crippen LogP contribution in [0, 0.1) is 22.7 Å². The number of hydrogen-bond acceptors (Lipinski definition) is 9. The largest absolute Gasteiger partial charge is 0.485 e. The molecule has 9 heteroatoms. The van der Waals surface area contributed by atoms with E-state index in [4.69, 9.17) is 20.0 Å². The fourth-order valence-corrected chi connectivity index (χ4v) is 8.47. The molecule has 0 N–H and O–H groups in total. The van der Waals surface area contributed by atoms with Crippen LogP contribution < -0.4 is 9.47 Å². The Bertz CT molecular complexity index is 987. The van der Waals surface area contributed by atoms with E-state index in [1.165, 1.54) is 19.5 Å². The van der Waals surface area contributed by atoms with Crippen LogP contribution in [0.25, 0.3) is 19.5 Å². The summed E-state index contributed by atoms with van der Waals surface area (Å²) in [5.41, 5.74) is 0. The van der Waals surface area contributed by atoms with E-state index < -0.39 is 0 Å². The molecule has 4 heterocycles. The summed E-state index contributed by atoms with van der Waals surface area (Å²) in [6, 6.07) is 8.65. The third kappa shape index (κ3) is 4.45. The molecule has 3 aromatic rings. The molecule has 0 radical (unpaired) electrons. The normalized spacial score (nSPS) is 12.5. The van der Waals surface area contributed by atoms with Crippen LogP contribution in [0.3, 0.4) is 0 Å². The Morgan fingerprint density at radius 3 is 1.72 bits per heavy atom. The van der Waals surface area contributed by atoms with Crippen LogP contribution in [0.2, 0.25) is 0 Å². The first-order valence-corrected chi connectivity index (χ1v) is 13.5. The van der Waals surface area contributed by atoms with Gasteiger partial charge in [-0.3, -0.25) is 0 Å². The van der Waals surface area contributed by atoms with Crippen molar-refractivity contribution in [3.63, 3.8) is 0 Å². The summed E-state index contributed by atoms with van der Waals surface area (Å²) in [4.78, 5) is 6.94. The maximum atomic E-state index is 8.84. The number of ether oxygens (including phenoxy) is 2. The quantitative estimate of drug-likeness (QED) is 0.258. The maximum Gasteiger partial charge on any atom is 0.181 e. The smallest absolute Gasteiger partial charge is 0.181 e. The van der Waals surface area contributed by atoms with E-state index in [0.29, 0.717) is 26.1 Å². The van der Waals surface area contributed by atoms with Crippen LogP contribution in [0.1, 0.15) is 12.8 Å². The molecule has 0 spiro atoms. The molecule has 1 aliphatic rings. The van der Waals surface area contributed by atoms with Crippen molar-refractivity contribution >= 4 is 57.5 Å². The third-order valence-electron chi connectivity index (χ3n) is 4.01. The summed E-state index contributed by atoms with van der Waals surface area (Å²) in [6.45, 7) is 1.10. The zero-order valence-corrected chi connectivity index (χ0v) is 19.4. The van der Waals surface area contributed by atoms with Gasteiger partial charge < -0.3 is 9.47 Å². The van der Waals surface area contributed by atoms with Gasteiger partial charge >= 0.3 is 0 Å². The van der Waals surface area contributed by atoms with E-state index in [9.17, 15) is 0 Å². The second kappa shape index (κ2) is 9.92. The minimum Gasteiger partial charge on any atom is -0.485 e. The Kier molecular flexibility index (Phi) is 7.06. The first kappa shape index (κ1) is 20.6. The molecular weight excluding hydrogens is 461 g/mol. The number of thioether (sulfide) groups is 2. The predicted octanol–water partition coefficient (Wildman–Crippen LogP) is 6.99. The minimum absolute atomic E-state index is 0.534. The summed E-state index contributed by atoms with van der Waals surface area (Å²) in [7, 11) is 0. The molecule has 3 aromatic heterocycles.